The van der Waals surface area contributed by atoms with Crippen LogP contribution in [0, 0.1) is 3.57 Å². The fourth-order valence-electron chi connectivity index (χ4n) is 5.65. The zero-order valence-corrected chi connectivity index (χ0v) is 24.7. The van der Waals surface area contributed by atoms with Crippen molar-refractivity contribution in [3.8, 4) is 45.6 Å². The van der Waals surface area contributed by atoms with Gasteiger partial charge in [0.15, 0.2) is 23.3 Å². The maximum absolute atomic E-state index is 5.07. The summed E-state index contributed by atoms with van der Waals surface area (Å²) >= 11 is 2.35. The Morgan fingerprint density at radius 3 is 1.29 bits per heavy atom. The first-order chi connectivity index (χ1) is 20.2. The van der Waals surface area contributed by atoms with Crippen LogP contribution in [0.15, 0.2) is 91.0 Å². The average Bonchev–Trinajstić information content (AvgIpc) is 3.73. The van der Waals surface area contributed by atoms with Crippen molar-refractivity contribution in [1.82, 2.24) is 39.9 Å². The predicted octanol–water partition coefficient (Wildman–Crippen LogP) is 7.47. The Morgan fingerprint density at radius 2 is 0.786 bits per heavy atom. The Labute approximate surface area is 261 Å². The number of benzene rings is 4. The van der Waals surface area contributed by atoms with Crippen molar-refractivity contribution >= 4 is 66.7 Å². The molecule has 7 aromatic rings. The summed E-state index contributed by atoms with van der Waals surface area (Å²) in [6.45, 7) is 0. The molecule has 8 bridgehead atoms. The molecule has 0 saturated carbocycles. The van der Waals surface area contributed by atoms with Crippen molar-refractivity contribution in [2.75, 3.05) is 0 Å². The Balaban J connectivity index is 0.00000267. The molecule has 0 atom stereocenters. The van der Waals surface area contributed by atoms with Crippen LogP contribution in [0.2, 0.25) is 0 Å². The van der Waals surface area contributed by atoms with E-state index in [-0.39, 0.29) is 16.5 Å². The second-order valence-electron chi connectivity index (χ2n) is 9.91. The van der Waals surface area contributed by atoms with Gasteiger partial charge in [0.25, 0.3) is 0 Å². The molecule has 5 heterocycles. The minimum Gasteiger partial charge on any atom is -0.324 e. The molecule has 2 aliphatic rings. The van der Waals surface area contributed by atoms with Gasteiger partial charge < -0.3 is 9.97 Å². The van der Waals surface area contributed by atoms with Crippen LogP contribution < -0.4 is 0 Å². The minimum absolute atomic E-state index is 0. The summed E-state index contributed by atoms with van der Waals surface area (Å²) in [5, 5.41) is 3.86. The van der Waals surface area contributed by atoms with Gasteiger partial charge in [-0.05, 0) is 28.7 Å². The largest absolute Gasteiger partial charge is 0.324 e. The van der Waals surface area contributed by atoms with Gasteiger partial charge in [-0.15, -0.1) is 0 Å². The third kappa shape index (κ3) is 3.72. The number of fused-ring (bicyclic) bond motifs is 20. The molecule has 2 N–H and O–H groups in total. The van der Waals surface area contributed by atoms with E-state index in [1.54, 1.807) is 0 Å². The van der Waals surface area contributed by atoms with Crippen LogP contribution in [-0.4, -0.2) is 39.9 Å². The first-order valence-corrected chi connectivity index (χ1v) is 14.2. The normalized spacial score (nSPS) is 11.7. The van der Waals surface area contributed by atoms with E-state index in [1.807, 2.05) is 78.9 Å². The molecule has 0 amide bonds. The van der Waals surface area contributed by atoms with E-state index < -0.39 is 0 Å². The average molecular weight is 699 g/mol. The van der Waals surface area contributed by atoms with Gasteiger partial charge in [-0.25, -0.2) is 29.9 Å². The van der Waals surface area contributed by atoms with Gasteiger partial charge in [0.05, 0.1) is 0 Å². The summed E-state index contributed by atoms with van der Waals surface area (Å²) in [4.78, 5) is 37.0. The number of nitrogens with zero attached hydrogens (tertiary/aromatic N) is 6. The Morgan fingerprint density at radius 1 is 0.405 bits per heavy atom. The van der Waals surface area contributed by atoms with Crippen molar-refractivity contribution in [3.05, 3.63) is 94.6 Å². The molecular weight excluding hydrogens is 682 g/mol. The first-order valence-electron chi connectivity index (χ1n) is 13.1. The fourth-order valence-corrected chi connectivity index (χ4v) is 6.40. The zero-order valence-electron chi connectivity index (χ0n) is 21.5. The fraction of sp³-hybridized carbons (Fsp3) is 0. The third-order valence-electron chi connectivity index (χ3n) is 7.53. The van der Waals surface area contributed by atoms with Crippen molar-refractivity contribution in [3.63, 3.8) is 0 Å². The molecule has 10 heteroatoms. The van der Waals surface area contributed by atoms with Crippen LogP contribution in [0.3, 0.4) is 0 Å². The van der Waals surface area contributed by atoms with Crippen molar-refractivity contribution in [2.24, 2.45) is 0 Å². The summed E-state index contributed by atoms with van der Waals surface area (Å²) in [5.74, 6) is 2.39. The summed E-state index contributed by atoms with van der Waals surface area (Å²) in [5.41, 5.74) is 6.46. The van der Waals surface area contributed by atoms with E-state index in [4.69, 9.17) is 29.9 Å². The van der Waals surface area contributed by atoms with E-state index in [0.717, 1.165) is 47.4 Å². The van der Waals surface area contributed by atoms with E-state index >= 15 is 0 Å². The Bertz CT molecular complexity index is 2410. The molecule has 0 fully saturated rings. The minimum atomic E-state index is 0. The summed E-state index contributed by atoms with van der Waals surface area (Å²) in [7, 11) is 0. The predicted molar refractivity (Wildman–Crippen MR) is 169 cm³/mol. The smallest absolute Gasteiger partial charge is 0.164 e. The van der Waals surface area contributed by atoms with Gasteiger partial charge in [-0.1, -0.05) is 84.9 Å². The number of hydrogen-bond acceptors (Lipinski definition) is 6. The van der Waals surface area contributed by atoms with Gasteiger partial charge in [-0.3, -0.25) is 0 Å². The molecule has 8 nitrogen and oxygen atoms in total. The van der Waals surface area contributed by atoms with E-state index in [9.17, 15) is 0 Å². The number of halogens is 1. The number of nitrogens with one attached hydrogen (secondary N) is 2. The molecule has 0 saturated heterocycles. The molecule has 0 spiro atoms. The zero-order chi connectivity index (χ0) is 27.1. The molecular formula is C32H17IN8Ni. The second kappa shape index (κ2) is 9.50. The third-order valence-corrected chi connectivity index (χ3v) is 8.43. The van der Waals surface area contributed by atoms with Crippen LogP contribution in [-0.2, 0) is 16.5 Å². The number of rotatable bonds is 0. The van der Waals surface area contributed by atoms with Crippen LogP contribution in [0.25, 0.3) is 89.7 Å². The van der Waals surface area contributed by atoms with Gasteiger partial charge in [0.2, 0.25) is 0 Å². The van der Waals surface area contributed by atoms with Gasteiger partial charge in [0.1, 0.15) is 22.6 Å². The summed E-state index contributed by atoms with van der Waals surface area (Å²) < 4.78 is 1.07. The topological polar surface area (TPSA) is 109 Å². The Hall–Kier alpha value is -4.54. The number of hydrogen-bond donors (Lipinski definition) is 2. The van der Waals surface area contributed by atoms with Crippen molar-refractivity contribution in [1.29, 1.82) is 0 Å². The van der Waals surface area contributed by atoms with Crippen molar-refractivity contribution < 1.29 is 16.5 Å². The monoisotopic (exact) mass is 698 g/mol. The van der Waals surface area contributed by atoms with Gasteiger partial charge >= 0.3 is 0 Å². The molecule has 202 valence electrons. The Kier molecular flexibility index (Phi) is 5.70. The maximum Gasteiger partial charge on any atom is 0.164 e. The van der Waals surface area contributed by atoms with Gasteiger partial charge in [-0.2, -0.15) is 0 Å². The van der Waals surface area contributed by atoms with E-state index in [0.29, 0.717) is 45.9 Å². The number of aromatic nitrogens is 8. The molecule has 42 heavy (non-hydrogen) atoms. The number of H-pyrrole nitrogens is 2. The summed E-state index contributed by atoms with van der Waals surface area (Å²) in [6.07, 6.45) is 0. The van der Waals surface area contributed by atoms with E-state index in [2.05, 4.69) is 44.7 Å². The SMILES string of the molecule is Ic1cccc2c3nc4nc(nc5[nH]c(nc6nc(nc([nH]3)c12)-c1ccccc1-6)c1ccccc51)-c1ccccc1-4.[Ni]. The summed E-state index contributed by atoms with van der Waals surface area (Å²) in [6, 6.07) is 30.4. The van der Waals surface area contributed by atoms with E-state index in [1.165, 1.54) is 0 Å². The van der Waals surface area contributed by atoms with Gasteiger partial charge in [0, 0.05) is 63.9 Å². The van der Waals surface area contributed by atoms with Crippen LogP contribution >= 0.6 is 22.6 Å². The first kappa shape index (κ1) is 25.2. The molecule has 9 rings (SSSR count). The molecule has 0 aliphatic carbocycles. The van der Waals surface area contributed by atoms with Crippen LogP contribution in [0.1, 0.15) is 0 Å². The van der Waals surface area contributed by atoms with Crippen LogP contribution in [0.5, 0.6) is 0 Å². The molecule has 3 aromatic heterocycles. The molecule has 4 aromatic carbocycles. The maximum atomic E-state index is 5.07. The molecule has 0 radical (unpaired) electrons. The standard InChI is InChI=1S/C32H17IN8.Ni/c33-23-15-7-14-22-24(23)32-40-30-21-13-6-5-12-20(21)28(38-30)36-26-17-9-2-1-8-16(17)25(34-26)35-27-18-10-3-4-11-19(18)29(37-27)39-31(22)41-32;/h1-15H,(H2,34,35,36,37,38,39,40,41);. The van der Waals surface area contributed by atoms with Crippen molar-refractivity contribution in [2.45, 2.75) is 0 Å². The second-order valence-corrected chi connectivity index (χ2v) is 11.1. The molecule has 2 aliphatic heterocycles. The molecule has 0 unspecified atom stereocenters. The quantitative estimate of drug-likeness (QED) is 0.126. The van der Waals surface area contributed by atoms with Crippen LogP contribution in [0.4, 0.5) is 0 Å². The number of aromatic amines is 2.